The minimum absolute atomic E-state index is 0.103. The number of nitrogens with zero attached hydrogens (tertiary/aromatic N) is 2. The molecule has 8 heteroatoms. The van der Waals surface area contributed by atoms with Crippen molar-refractivity contribution in [2.24, 2.45) is 0 Å². The van der Waals surface area contributed by atoms with Gasteiger partial charge in [0.05, 0.1) is 11.3 Å². The molecule has 0 spiro atoms. The van der Waals surface area contributed by atoms with Gasteiger partial charge < -0.3 is 10.1 Å². The monoisotopic (exact) mass is 419 g/mol. The van der Waals surface area contributed by atoms with E-state index in [9.17, 15) is 14.4 Å². The van der Waals surface area contributed by atoms with Crippen LogP contribution in [0.1, 0.15) is 32.1 Å². The van der Waals surface area contributed by atoms with Gasteiger partial charge in [-0.3, -0.25) is 14.0 Å². The van der Waals surface area contributed by atoms with Crippen molar-refractivity contribution in [3.8, 4) is 0 Å². The number of carbonyl (C=O) groups is 2. The highest BCUT2D eigenvalue weighted by Crippen LogP contribution is 2.14. The zero-order chi connectivity index (χ0) is 21.1. The number of anilines is 1. The number of thiazole rings is 1. The fraction of sp³-hybridized carbons (Fsp3) is 0.0909. The molecule has 0 saturated carbocycles. The topological polar surface area (TPSA) is 89.8 Å². The van der Waals surface area contributed by atoms with E-state index in [-0.39, 0.29) is 18.1 Å². The fourth-order valence-corrected chi connectivity index (χ4v) is 3.77. The van der Waals surface area contributed by atoms with Crippen LogP contribution in [0, 0.1) is 6.92 Å². The van der Waals surface area contributed by atoms with E-state index >= 15 is 0 Å². The summed E-state index contributed by atoms with van der Waals surface area (Å²) in [5.74, 6) is -0.775. The van der Waals surface area contributed by atoms with Crippen LogP contribution in [0.4, 0.5) is 5.69 Å². The van der Waals surface area contributed by atoms with Crippen LogP contribution in [0.15, 0.2) is 70.8 Å². The molecular weight excluding hydrogens is 402 g/mol. The summed E-state index contributed by atoms with van der Waals surface area (Å²) >= 11 is 1.35. The van der Waals surface area contributed by atoms with E-state index in [4.69, 9.17) is 4.74 Å². The lowest BCUT2D eigenvalue weighted by Crippen LogP contribution is -2.16. The van der Waals surface area contributed by atoms with Crippen LogP contribution >= 0.6 is 11.3 Å². The molecule has 0 aliphatic carbocycles. The maximum atomic E-state index is 12.3. The highest BCUT2D eigenvalue weighted by Gasteiger charge is 2.11. The van der Waals surface area contributed by atoms with Crippen LogP contribution in [-0.2, 0) is 11.3 Å². The Morgan fingerprint density at radius 2 is 1.80 bits per heavy atom. The zero-order valence-corrected chi connectivity index (χ0v) is 16.8. The first-order valence-electron chi connectivity index (χ1n) is 9.11. The molecule has 0 unspecified atom stereocenters. The van der Waals surface area contributed by atoms with Crippen LogP contribution in [0.5, 0.6) is 0 Å². The van der Waals surface area contributed by atoms with E-state index in [0.29, 0.717) is 27.5 Å². The lowest BCUT2D eigenvalue weighted by atomic mass is 10.2. The number of fused-ring (bicyclic) bond motifs is 1. The largest absolute Gasteiger partial charge is 0.456 e. The Bertz CT molecular complexity index is 1280. The summed E-state index contributed by atoms with van der Waals surface area (Å²) in [6.45, 7) is 1.73. The van der Waals surface area contributed by atoms with Gasteiger partial charge in [-0.05, 0) is 43.3 Å². The number of ether oxygens (including phenoxy) is 1. The number of amides is 1. The molecule has 0 saturated heterocycles. The Balaban J connectivity index is 1.39. The highest BCUT2D eigenvalue weighted by atomic mass is 32.1. The molecule has 7 nitrogen and oxygen atoms in total. The van der Waals surface area contributed by atoms with Gasteiger partial charge in [0.25, 0.3) is 11.5 Å². The molecule has 0 atom stereocenters. The van der Waals surface area contributed by atoms with Gasteiger partial charge in [-0.1, -0.05) is 18.2 Å². The van der Waals surface area contributed by atoms with E-state index in [1.54, 1.807) is 48.5 Å². The first-order chi connectivity index (χ1) is 14.5. The normalized spacial score (nSPS) is 10.7. The number of hydrogen-bond acceptors (Lipinski definition) is 6. The van der Waals surface area contributed by atoms with Gasteiger partial charge >= 0.3 is 5.97 Å². The summed E-state index contributed by atoms with van der Waals surface area (Å²) in [6.07, 6.45) is 0. The van der Waals surface area contributed by atoms with E-state index in [0.717, 1.165) is 5.69 Å². The van der Waals surface area contributed by atoms with Crippen LogP contribution in [0.2, 0.25) is 0 Å². The van der Waals surface area contributed by atoms with Gasteiger partial charge in [-0.25, -0.2) is 9.78 Å². The molecule has 0 aliphatic rings. The summed E-state index contributed by atoms with van der Waals surface area (Å²) in [6, 6.07) is 16.6. The molecule has 0 bridgehead atoms. The van der Waals surface area contributed by atoms with E-state index in [2.05, 4.69) is 10.3 Å². The van der Waals surface area contributed by atoms with Crippen LogP contribution in [0.25, 0.3) is 4.96 Å². The molecule has 150 valence electrons. The molecule has 0 aliphatic heterocycles. The second-order valence-electron chi connectivity index (χ2n) is 6.55. The third-order valence-electron chi connectivity index (χ3n) is 4.39. The average molecular weight is 419 g/mol. The fourth-order valence-electron chi connectivity index (χ4n) is 2.88. The van der Waals surface area contributed by atoms with Gasteiger partial charge in [0.2, 0.25) is 0 Å². The van der Waals surface area contributed by atoms with Crippen LogP contribution < -0.4 is 10.9 Å². The van der Waals surface area contributed by atoms with Gasteiger partial charge in [-0.15, -0.1) is 11.3 Å². The lowest BCUT2D eigenvalue weighted by molar-refractivity contribution is 0.0467. The van der Waals surface area contributed by atoms with Crippen molar-refractivity contribution < 1.29 is 14.3 Å². The third kappa shape index (κ3) is 4.13. The second-order valence-corrected chi connectivity index (χ2v) is 7.39. The summed E-state index contributed by atoms with van der Waals surface area (Å²) in [5, 5.41) is 4.62. The minimum Gasteiger partial charge on any atom is -0.456 e. The van der Waals surface area contributed by atoms with E-state index in [1.165, 1.54) is 21.8 Å². The standard InChI is InChI=1S/C22H17N3O4S/c1-14-13-30-22-24-18(11-19(26)25(14)22)12-29-21(28)16-7-9-17(10-8-16)23-20(27)15-5-3-2-4-6-15/h2-11,13H,12H2,1H3,(H,23,27). The minimum atomic E-state index is -0.541. The Morgan fingerprint density at radius 1 is 1.07 bits per heavy atom. The van der Waals surface area contributed by atoms with Crippen molar-refractivity contribution >= 4 is 33.9 Å². The predicted molar refractivity (Wildman–Crippen MR) is 114 cm³/mol. The Morgan fingerprint density at radius 3 is 2.53 bits per heavy atom. The summed E-state index contributed by atoms with van der Waals surface area (Å²) in [4.78, 5) is 41.6. The molecule has 30 heavy (non-hydrogen) atoms. The van der Waals surface area contributed by atoms with Crippen molar-refractivity contribution in [2.45, 2.75) is 13.5 Å². The van der Waals surface area contributed by atoms with E-state index in [1.807, 2.05) is 18.4 Å². The molecule has 4 aromatic rings. The number of nitrogens with one attached hydrogen (secondary N) is 1. The maximum Gasteiger partial charge on any atom is 0.338 e. The van der Waals surface area contributed by atoms with E-state index < -0.39 is 5.97 Å². The Hall–Kier alpha value is -3.78. The number of rotatable bonds is 5. The molecule has 4 rings (SSSR count). The number of hydrogen-bond donors (Lipinski definition) is 1. The molecule has 1 amide bonds. The second kappa shape index (κ2) is 8.30. The molecule has 2 aromatic carbocycles. The third-order valence-corrected chi connectivity index (χ3v) is 5.34. The molecular formula is C22H17N3O4S. The summed E-state index contributed by atoms with van der Waals surface area (Å²) in [5.41, 5.74) is 2.44. The number of esters is 1. The van der Waals surface area contributed by atoms with Crippen LogP contribution in [0.3, 0.4) is 0 Å². The average Bonchev–Trinajstić information content (AvgIpc) is 3.14. The highest BCUT2D eigenvalue weighted by molar-refractivity contribution is 7.15. The quantitative estimate of drug-likeness (QED) is 0.499. The van der Waals surface area contributed by atoms with Crippen molar-refractivity contribution in [3.05, 3.63) is 98.9 Å². The molecule has 2 aromatic heterocycles. The van der Waals surface area contributed by atoms with Gasteiger partial charge in [0.15, 0.2) is 4.96 Å². The van der Waals surface area contributed by atoms with Gasteiger partial charge in [0, 0.05) is 28.4 Å². The summed E-state index contributed by atoms with van der Waals surface area (Å²) in [7, 11) is 0. The SMILES string of the molecule is Cc1csc2nc(COC(=O)c3ccc(NC(=O)c4ccccc4)cc3)cc(=O)n12. The smallest absolute Gasteiger partial charge is 0.338 e. The van der Waals surface area contributed by atoms with Gasteiger partial charge in [-0.2, -0.15) is 0 Å². The van der Waals surface area contributed by atoms with Crippen molar-refractivity contribution in [1.82, 2.24) is 9.38 Å². The molecule has 0 fully saturated rings. The van der Waals surface area contributed by atoms with Gasteiger partial charge in [0.1, 0.15) is 6.61 Å². The van der Waals surface area contributed by atoms with Crippen molar-refractivity contribution in [1.29, 1.82) is 0 Å². The first kappa shape index (κ1) is 19.5. The molecule has 2 heterocycles. The molecule has 1 N–H and O–H groups in total. The van der Waals surface area contributed by atoms with Crippen molar-refractivity contribution in [3.63, 3.8) is 0 Å². The predicted octanol–water partition coefficient (Wildman–Crippen LogP) is 3.67. The Kier molecular flexibility index (Phi) is 5.40. The number of carbonyl (C=O) groups excluding carboxylic acids is 2. The number of aromatic nitrogens is 2. The Labute approximate surface area is 175 Å². The maximum absolute atomic E-state index is 12.3. The summed E-state index contributed by atoms with van der Waals surface area (Å²) < 4.78 is 6.80. The first-order valence-corrected chi connectivity index (χ1v) is 9.99. The molecule has 0 radical (unpaired) electrons. The van der Waals surface area contributed by atoms with Crippen molar-refractivity contribution in [2.75, 3.05) is 5.32 Å². The number of aryl methyl sites for hydroxylation is 1. The van der Waals surface area contributed by atoms with Crippen LogP contribution in [-0.4, -0.2) is 21.3 Å². The zero-order valence-electron chi connectivity index (χ0n) is 16.0. The lowest BCUT2D eigenvalue weighted by Gasteiger charge is -2.07. The number of benzene rings is 2.